The minimum absolute atomic E-state index is 0.0454. The number of para-hydroxylation sites is 1. The molecular weight excluding hydrogens is 372 g/mol. The van der Waals surface area contributed by atoms with Crippen LogP contribution in [0.1, 0.15) is 16.1 Å². The smallest absolute Gasteiger partial charge is 0.338 e. The largest absolute Gasteiger partial charge is 0.465 e. The molecule has 2 aromatic carbocycles. The molecule has 7 nitrogen and oxygen atoms in total. The first kappa shape index (κ1) is 18.2. The van der Waals surface area contributed by atoms with E-state index in [9.17, 15) is 14.4 Å². The van der Waals surface area contributed by atoms with Gasteiger partial charge in [0, 0.05) is 5.56 Å². The zero-order valence-corrected chi connectivity index (χ0v) is 15.4. The number of benzene rings is 2. The average Bonchev–Trinajstić information content (AvgIpc) is 3.34. The third kappa shape index (κ3) is 3.41. The van der Waals surface area contributed by atoms with Crippen molar-refractivity contribution in [3.05, 3.63) is 83.6 Å². The van der Waals surface area contributed by atoms with Crippen molar-refractivity contribution in [2.45, 2.75) is 0 Å². The van der Waals surface area contributed by atoms with Crippen molar-refractivity contribution in [2.75, 3.05) is 12.1 Å². The molecule has 0 spiro atoms. The summed E-state index contributed by atoms with van der Waals surface area (Å²) in [5.41, 5.74) is 3.95. The van der Waals surface area contributed by atoms with Gasteiger partial charge < -0.3 is 9.15 Å². The topological polar surface area (TPSA) is 88.9 Å². The Morgan fingerprint density at radius 1 is 1.00 bits per heavy atom. The predicted molar refractivity (Wildman–Crippen MR) is 106 cm³/mol. The highest BCUT2D eigenvalue weighted by atomic mass is 16.5. The third-order valence-electron chi connectivity index (χ3n) is 4.42. The summed E-state index contributed by atoms with van der Waals surface area (Å²) in [6.07, 6.45) is 1.38. The number of anilines is 1. The number of hydrazine groups is 1. The second kappa shape index (κ2) is 7.47. The van der Waals surface area contributed by atoms with Crippen molar-refractivity contribution in [2.24, 2.45) is 0 Å². The van der Waals surface area contributed by atoms with E-state index in [4.69, 9.17) is 9.15 Å². The van der Waals surface area contributed by atoms with E-state index in [-0.39, 0.29) is 5.57 Å². The van der Waals surface area contributed by atoms with E-state index >= 15 is 0 Å². The highest BCUT2D eigenvalue weighted by Crippen LogP contribution is 2.28. The molecule has 0 radical (unpaired) electrons. The molecule has 1 aliphatic heterocycles. The molecule has 144 valence electrons. The molecule has 1 fully saturated rings. The van der Waals surface area contributed by atoms with Gasteiger partial charge in [-0.3, -0.25) is 15.0 Å². The van der Waals surface area contributed by atoms with Crippen LogP contribution in [0.15, 0.2) is 76.7 Å². The SMILES string of the molecule is COC(=O)c1ccccc1-c1ccc(C=C2C(=O)NN(c3ccccc3)C2=O)o1. The van der Waals surface area contributed by atoms with Crippen LogP contribution in [0, 0.1) is 0 Å². The second-order valence-corrected chi connectivity index (χ2v) is 6.21. The molecule has 2 amide bonds. The van der Waals surface area contributed by atoms with Gasteiger partial charge in [-0.1, -0.05) is 36.4 Å². The number of carbonyl (C=O) groups excluding carboxylic acids is 3. The fourth-order valence-electron chi connectivity index (χ4n) is 3.02. The van der Waals surface area contributed by atoms with Gasteiger partial charge in [0.1, 0.15) is 17.1 Å². The van der Waals surface area contributed by atoms with Crippen molar-refractivity contribution in [1.82, 2.24) is 5.43 Å². The molecule has 1 aromatic heterocycles. The first-order chi connectivity index (χ1) is 14.1. The molecule has 0 saturated carbocycles. The van der Waals surface area contributed by atoms with Crippen LogP contribution in [0.2, 0.25) is 0 Å². The molecule has 1 saturated heterocycles. The fourth-order valence-corrected chi connectivity index (χ4v) is 3.02. The van der Waals surface area contributed by atoms with Crippen LogP contribution >= 0.6 is 0 Å². The highest BCUT2D eigenvalue weighted by molar-refractivity contribution is 6.31. The molecule has 0 atom stereocenters. The molecular formula is C22H16N2O5. The van der Waals surface area contributed by atoms with E-state index in [1.165, 1.54) is 18.2 Å². The van der Waals surface area contributed by atoms with Gasteiger partial charge in [-0.2, -0.15) is 0 Å². The number of esters is 1. The van der Waals surface area contributed by atoms with Crippen molar-refractivity contribution >= 4 is 29.5 Å². The van der Waals surface area contributed by atoms with E-state index in [1.54, 1.807) is 60.7 Å². The Bertz CT molecular complexity index is 1130. The number of carbonyl (C=O) groups is 3. The summed E-state index contributed by atoms with van der Waals surface area (Å²) in [5, 5.41) is 1.19. The van der Waals surface area contributed by atoms with Crippen LogP contribution < -0.4 is 10.4 Å². The number of rotatable bonds is 4. The molecule has 3 aromatic rings. The number of furan rings is 1. The Labute approximate surface area is 166 Å². The molecule has 7 heteroatoms. The molecule has 0 unspecified atom stereocenters. The van der Waals surface area contributed by atoms with Crippen LogP contribution in [-0.4, -0.2) is 24.9 Å². The maximum atomic E-state index is 12.7. The van der Waals surface area contributed by atoms with E-state index in [0.29, 0.717) is 28.3 Å². The van der Waals surface area contributed by atoms with E-state index in [1.807, 2.05) is 6.07 Å². The van der Waals surface area contributed by atoms with E-state index in [0.717, 1.165) is 0 Å². The van der Waals surface area contributed by atoms with Gasteiger partial charge in [0.05, 0.1) is 18.4 Å². The molecule has 4 rings (SSSR count). The normalized spacial score (nSPS) is 14.9. The van der Waals surface area contributed by atoms with Gasteiger partial charge in [-0.15, -0.1) is 0 Å². The van der Waals surface area contributed by atoms with Crippen LogP contribution in [0.25, 0.3) is 17.4 Å². The lowest BCUT2D eigenvalue weighted by atomic mass is 10.1. The molecule has 0 bridgehead atoms. The van der Waals surface area contributed by atoms with Crippen LogP contribution in [0.3, 0.4) is 0 Å². The van der Waals surface area contributed by atoms with Crippen LogP contribution in [0.5, 0.6) is 0 Å². The fraction of sp³-hybridized carbons (Fsp3) is 0.0455. The zero-order valence-electron chi connectivity index (χ0n) is 15.4. The van der Waals surface area contributed by atoms with Crippen molar-refractivity contribution < 1.29 is 23.5 Å². The van der Waals surface area contributed by atoms with Gasteiger partial charge in [-0.05, 0) is 36.4 Å². The number of methoxy groups -OCH3 is 1. The van der Waals surface area contributed by atoms with Gasteiger partial charge in [-0.25, -0.2) is 9.80 Å². The van der Waals surface area contributed by atoms with Crippen molar-refractivity contribution in [3.8, 4) is 11.3 Å². The summed E-state index contributed by atoms with van der Waals surface area (Å²) in [5.74, 6) is -0.752. The predicted octanol–water partition coefficient (Wildman–Crippen LogP) is 3.19. The highest BCUT2D eigenvalue weighted by Gasteiger charge is 2.34. The van der Waals surface area contributed by atoms with Gasteiger partial charge in [0.15, 0.2) is 0 Å². The van der Waals surface area contributed by atoms with E-state index in [2.05, 4.69) is 5.43 Å². The summed E-state index contributed by atoms with van der Waals surface area (Å²) >= 11 is 0. The minimum atomic E-state index is -0.522. The number of nitrogens with one attached hydrogen (secondary N) is 1. The molecule has 1 N–H and O–H groups in total. The molecule has 2 heterocycles. The zero-order chi connectivity index (χ0) is 20.4. The summed E-state index contributed by atoms with van der Waals surface area (Å²) < 4.78 is 10.6. The summed E-state index contributed by atoms with van der Waals surface area (Å²) in [6.45, 7) is 0. The first-order valence-corrected chi connectivity index (χ1v) is 8.78. The Hall–Kier alpha value is -4.13. The first-order valence-electron chi connectivity index (χ1n) is 8.78. The Morgan fingerprint density at radius 3 is 2.48 bits per heavy atom. The second-order valence-electron chi connectivity index (χ2n) is 6.21. The number of nitrogens with zero attached hydrogens (tertiary/aromatic N) is 1. The minimum Gasteiger partial charge on any atom is -0.465 e. The maximum Gasteiger partial charge on any atom is 0.338 e. The van der Waals surface area contributed by atoms with Gasteiger partial charge in [0.2, 0.25) is 0 Å². The Morgan fingerprint density at radius 2 is 1.72 bits per heavy atom. The van der Waals surface area contributed by atoms with Crippen LogP contribution in [0.4, 0.5) is 5.69 Å². The van der Waals surface area contributed by atoms with Crippen LogP contribution in [-0.2, 0) is 14.3 Å². The Balaban J connectivity index is 1.64. The monoisotopic (exact) mass is 388 g/mol. The van der Waals surface area contributed by atoms with Crippen molar-refractivity contribution in [1.29, 1.82) is 0 Å². The standard InChI is InChI=1S/C22H16N2O5/c1-28-22(27)17-10-6-5-9-16(17)19-12-11-15(29-19)13-18-20(25)23-24(21(18)26)14-7-3-2-4-8-14/h2-13H,1H3,(H,23,25). The number of hydrogen-bond donors (Lipinski definition) is 1. The lowest BCUT2D eigenvalue weighted by molar-refractivity contribution is -0.117. The number of amides is 2. The van der Waals surface area contributed by atoms with Crippen molar-refractivity contribution in [3.63, 3.8) is 0 Å². The number of ether oxygens (including phenoxy) is 1. The maximum absolute atomic E-state index is 12.7. The number of hydrogen-bond acceptors (Lipinski definition) is 5. The lowest BCUT2D eigenvalue weighted by Gasteiger charge is -2.13. The van der Waals surface area contributed by atoms with E-state index < -0.39 is 17.8 Å². The molecule has 0 aliphatic carbocycles. The lowest BCUT2D eigenvalue weighted by Crippen LogP contribution is -2.35. The summed E-state index contributed by atoms with van der Waals surface area (Å²) in [7, 11) is 1.31. The third-order valence-corrected chi connectivity index (χ3v) is 4.42. The molecule has 29 heavy (non-hydrogen) atoms. The Kier molecular flexibility index (Phi) is 4.70. The molecule has 1 aliphatic rings. The quantitative estimate of drug-likeness (QED) is 0.421. The van der Waals surface area contributed by atoms with Gasteiger partial charge in [0.25, 0.3) is 11.8 Å². The van der Waals surface area contributed by atoms with Gasteiger partial charge >= 0.3 is 5.97 Å². The average molecular weight is 388 g/mol. The summed E-state index contributed by atoms with van der Waals surface area (Å²) in [4.78, 5) is 36.9. The summed E-state index contributed by atoms with van der Waals surface area (Å²) in [6, 6.07) is 18.9.